The Morgan fingerprint density at radius 1 is 1.47 bits per heavy atom. The lowest BCUT2D eigenvalue weighted by molar-refractivity contribution is -0.169. The smallest absolute Gasteiger partial charge is 0.315 e. The van der Waals surface area contributed by atoms with Gasteiger partial charge in [-0.15, -0.1) is 0 Å². The monoisotopic (exact) mass is 216 g/mol. The van der Waals surface area contributed by atoms with Crippen LogP contribution < -0.4 is 0 Å². The first-order valence-electron chi connectivity index (χ1n) is 4.60. The van der Waals surface area contributed by atoms with Crippen LogP contribution in [-0.4, -0.2) is 34.9 Å². The number of hydrogen-bond acceptors (Lipinski definition) is 5. The third-order valence-electron chi connectivity index (χ3n) is 1.63. The van der Waals surface area contributed by atoms with E-state index in [4.69, 9.17) is 5.11 Å². The van der Waals surface area contributed by atoms with Crippen LogP contribution in [-0.2, 0) is 14.3 Å². The highest BCUT2D eigenvalue weighted by Crippen LogP contribution is 2.06. The van der Waals surface area contributed by atoms with Crippen molar-refractivity contribution in [3.8, 4) is 0 Å². The molecule has 0 bridgehead atoms. The standard InChI is InChI=1S/C10H16O5/c1-7(6-11)3-4-9(13)15-10(14)5-8(2)12/h9,11,13H,1,3-6H2,2H3. The van der Waals surface area contributed by atoms with Crippen molar-refractivity contribution in [1.29, 1.82) is 0 Å². The summed E-state index contributed by atoms with van der Waals surface area (Å²) in [6.45, 7) is 4.62. The first kappa shape index (κ1) is 13.8. The van der Waals surface area contributed by atoms with Crippen LogP contribution in [0.3, 0.4) is 0 Å². The third-order valence-corrected chi connectivity index (χ3v) is 1.63. The van der Waals surface area contributed by atoms with Gasteiger partial charge in [0, 0.05) is 6.42 Å². The normalized spacial score (nSPS) is 11.9. The highest BCUT2D eigenvalue weighted by atomic mass is 16.6. The van der Waals surface area contributed by atoms with Crippen LogP contribution in [0.5, 0.6) is 0 Å². The van der Waals surface area contributed by atoms with E-state index in [1.165, 1.54) is 6.92 Å². The Morgan fingerprint density at radius 3 is 2.53 bits per heavy atom. The maximum absolute atomic E-state index is 10.9. The first-order chi connectivity index (χ1) is 6.95. The molecule has 1 atom stereocenters. The van der Waals surface area contributed by atoms with Crippen molar-refractivity contribution in [1.82, 2.24) is 0 Å². The number of carbonyl (C=O) groups excluding carboxylic acids is 2. The predicted molar refractivity (Wildman–Crippen MR) is 52.9 cm³/mol. The van der Waals surface area contributed by atoms with E-state index in [1.54, 1.807) is 0 Å². The molecule has 0 aliphatic rings. The summed E-state index contributed by atoms with van der Waals surface area (Å²) in [6.07, 6.45) is -1.05. The minimum atomic E-state index is -1.25. The van der Waals surface area contributed by atoms with Gasteiger partial charge in [-0.1, -0.05) is 12.2 Å². The summed E-state index contributed by atoms with van der Waals surface area (Å²) in [5, 5.41) is 17.8. The van der Waals surface area contributed by atoms with Gasteiger partial charge in [0.15, 0.2) is 0 Å². The topological polar surface area (TPSA) is 83.8 Å². The predicted octanol–water partition coefficient (Wildman–Crippen LogP) is 0.156. The molecule has 0 aromatic heterocycles. The van der Waals surface area contributed by atoms with Gasteiger partial charge in [0.1, 0.15) is 12.2 Å². The van der Waals surface area contributed by atoms with Gasteiger partial charge in [-0.25, -0.2) is 0 Å². The highest BCUT2D eigenvalue weighted by Gasteiger charge is 2.12. The Balaban J connectivity index is 3.73. The van der Waals surface area contributed by atoms with Gasteiger partial charge >= 0.3 is 5.97 Å². The van der Waals surface area contributed by atoms with Crippen LogP contribution in [0.2, 0.25) is 0 Å². The average Bonchev–Trinajstić information content (AvgIpc) is 2.12. The van der Waals surface area contributed by atoms with Crippen molar-refractivity contribution >= 4 is 11.8 Å². The van der Waals surface area contributed by atoms with Crippen LogP contribution in [0.1, 0.15) is 26.2 Å². The van der Waals surface area contributed by atoms with Crippen LogP contribution in [0.15, 0.2) is 12.2 Å². The molecule has 0 amide bonds. The Hall–Kier alpha value is -1.20. The van der Waals surface area contributed by atoms with Gasteiger partial charge in [0.2, 0.25) is 6.29 Å². The van der Waals surface area contributed by atoms with Gasteiger partial charge in [-0.05, 0) is 13.3 Å². The van der Waals surface area contributed by atoms with E-state index in [9.17, 15) is 14.7 Å². The van der Waals surface area contributed by atoms with E-state index >= 15 is 0 Å². The summed E-state index contributed by atoms with van der Waals surface area (Å²) in [7, 11) is 0. The fourth-order valence-corrected chi connectivity index (χ4v) is 0.862. The van der Waals surface area contributed by atoms with Crippen molar-refractivity contribution in [2.45, 2.75) is 32.5 Å². The molecule has 0 spiro atoms. The second-order valence-corrected chi connectivity index (χ2v) is 3.27. The Bertz CT molecular complexity index is 246. The molecule has 5 nitrogen and oxygen atoms in total. The maximum Gasteiger partial charge on any atom is 0.315 e. The molecule has 2 N–H and O–H groups in total. The van der Waals surface area contributed by atoms with E-state index in [0.29, 0.717) is 12.0 Å². The maximum atomic E-state index is 10.9. The molecule has 0 radical (unpaired) electrons. The Labute approximate surface area is 88.4 Å². The molecular formula is C10H16O5. The summed E-state index contributed by atoms with van der Waals surface area (Å²) < 4.78 is 4.53. The second-order valence-electron chi connectivity index (χ2n) is 3.27. The summed E-state index contributed by atoms with van der Waals surface area (Å²) in [5.74, 6) is -1.06. The van der Waals surface area contributed by atoms with Crippen molar-refractivity contribution in [2.24, 2.45) is 0 Å². The number of ether oxygens (including phenoxy) is 1. The number of esters is 1. The molecule has 0 heterocycles. The quantitative estimate of drug-likeness (QED) is 0.274. The zero-order valence-electron chi connectivity index (χ0n) is 8.73. The van der Waals surface area contributed by atoms with Crippen LogP contribution in [0.4, 0.5) is 0 Å². The number of rotatable bonds is 7. The molecule has 0 aliphatic carbocycles. The van der Waals surface area contributed by atoms with Crippen molar-refractivity contribution < 1.29 is 24.5 Å². The van der Waals surface area contributed by atoms with Gasteiger partial charge in [0.05, 0.1) is 6.61 Å². The van der Waals surface area contributed by atoms with Crippen molar-refractivity contribution in [3.63, 3.8) is 0 Å². The van der Waals surface area contributed by atoms with Gasteiger partial charge in [-0.3, -0.25) is 9.59 Å². The highest BCUT2D eigenvalue weighted by molar-refractivity contribution is 5.94. The largest absolute Gasteiger partial charge is 0.436 e. The number of aliphatic hydroxyl groups excluding tert-OH is 2. The molecule has 5 heteroatoms. The zero-order valence-corrected chi connectivity index (χ0v) is 8.73. The minimum Gasteiger partial charge on any atom is -0.436 e. The molecule has 0 fully saturated rings. The number of hydrogen-bond donors (Lipinski definition) is 2. The number of aliphatic hydroxyl groups is 2. The SMILES string of the molecule is C=C(CO)CCC(O)OC(=O)CC(C)=O. The average molecular weight is 216 g/mol. The molecular weight excluding hydrogens is 200 g/mol. The molecule has 0 aliphatic heterocycles. The van der Waals surface area contributed by atoms with E-state index in [-0.39, 0.29) is 25.2 Å². The van der Waals surface area contributed by atoms with Gasteiger partial charge in [-0.2, -0.15) is 0 Å². The number of Topliss-reactive ketones (excluding diaryl/α,β-unsaturated/α-hetero) is 1. The first-order valence-corrected chi connectivity index (χ1v) is 4.60. The minimum absolute atomic E-state index is 0.159. The van der Waals surface area contributed by atoms with Crippen LogP contribution in [0.25, 0.3) is 0 Å². The van der Waals surface area contributed by atoms with Crippen LogP contribution in [0, 0.1) is 0 Å². The molecule has 0 rings (SSSR count). The van der Waals surface area contributed by atoms with Gasteiger partial charge < -0.3 is 14.9 Å². The molecule has 0 saturated heterocycles. The summed E-state index contributed by atoms with van der Waals surface area (Å²) in [4.78, 5) is 21.4. The molecule has 0 aromatic rings. The summed E-state index contributed by atoms with van der Waals surface area (Å²) in [5.41, 5.74) is 0.552. The fourth-order valence-electron chi connectivity index (χ4n) is 0.862. The summed E-state index contributed by atoms with van der Waals surface area (Å²) >= 11 is 0. The zero-order chi connectivity index (χ0) is 11.8. The molecule has 86 valence electrons. The van der Waals surface area contributed by atoms with E-state index in [1.807, 2.05) is 0 Å². The van der Waals surface area contributed by atoms with E-state index in [0.717, 1.165) is 0 Å². The molecule has 0 aromatic carbocycles. The van der Waals surface area contributed by atoms with E-state index in [2.05, 4.69) is 11.3 Å². The lowest BCUT2D eigenvalue weighted by atomic mass is 10.2. The summed E-state index contributed by atoms with van der Waals surface area (Å²) in [6, 6.07) is 0. The lowest BCUT2D eigenvalue weighted by Crippen LogP contribution is -2.19. The van der Waals surface area contributed by atoms with Crippen molar-refractivity contribution in [3.05, 3.63) is 12.2 Å². The Morgan fingerprint density at radius 2 is 2.07 bits per heavy atom. The second kappa shape index (κ2) is 7.14. The fraction of sp³-hybridized carbons (Fsp3) is 0.600. The van der Waals surface area contributed by atoms with Crippen LogP contribution >= 0.6 is 0 Å². The molecule has 15 heavy (non-hydrogen) atoms. The lowest BCUT2D eigenvalue weighted by Gasteiger charge is -2.11. The van der Waals surface area contributed by atoms with Gasteiger partial charge in [0.25, 0.3) is 0 Å². The number of ketones is 1. The third kappa shape index (κ3) is 7.84. The molecule has 1 unspecified atom stereocenters. The van der Waals surface area contributed by atoms with Crippen molar-refractivity contribution in [2.75, 3.05) is 6.61 Å². The molecule has 0 saturated carbocycles. The Kier molecular flexibility index (Phi) is 6.57. The van der Waals surface area contributed by atoms with E-state index < -0.39 is 12.3 Å². The number of carbonyl (C=O) groups is 2.